The molecule has 1 aromatic heterocycles. The van der Waals surface area contributed by atoms with Gasteiger partial charge in [0.1, 0.15) is 5.75 Å². The van der Waals surface area contributed by atoms with Crippen molar-refractivity contribution in [1.82, 2.24) is 9.97 Å². The van der Waals surface area contributed by atoms with Crippen molar-refractivity contribution in [3.63, 3.8) is 0 Å². The summed E-state index contributed by atoms with van der Waals surface area (Å²) in [6.45, 7) is 1.81. The first-order chi connectivity index (χ1) is 8.19. The van der Waals surface area contributed by atoms with Gasteiger partial charge >= 0.3 is 0 Å². The van der Waals surface area contributed by atoms with Gasteiger partial charge in [-0.3, -0.25) is 4.98 Å². The van der Waals surface area contributed by atoms with Crippen LogP contribution in [0.25, 0.3) is 0 Å². The van der Waals surface area contributed by atoms with Gasteiger partial charge in [-0.1, -0.05) is 17.7 Å². The molecule has 1 aromatic carbocycles. The zero-order valence-corrected chi connectivity index (χ0v) is 9.98. The number of hydrogen-bond donors (Lipinski definition) is 1. The third-order valence-corrected chi connectivity index (χ3v) is 2.44. The fraction of sp³-hybridized carbons (Fsp3) is 0.167. The molecule has 1 N–H and O–H groups in total. The lowest BCUT2D eigenvalue weighted by Gasteiger charge is -2.06. The second kappa shape index (κ2) is 5.12. The maximum atomic E-state index is 8.83. The topological polar surface area (TPSA) is 55.2 Å². The predicted octanol–water partition coefficient (Wildman–Crippen LogP) is 2.72. The fourth-order valence-electron chi connectivity index (χ4n) is 1.28. The lowest BCUT2D eigenvalue weighted by molar-refractivity contribution is 0.276. The van der Waals surface area contributed by atoms with Crippen molar-refractivity contribution >= 4 is 11.6 Å². The number of benzene rings is 1. The molecule has 5 heteroatoms. The molecule has 0 unspecified atom stereocenters. The van der Waals surface area contributed by atoms with E-state index in [-0.39, 0.29) is 6.61 Å². The first kappa shape index (κ1) is 11.8. The van der Waals surface area contributed by atoms with Crippen LogP contribution in [-0.4, -0.2) is 15.1 Å². The molecule has 2 aromatic rings. The van der Waals surface area contributed by atoms with E-state index < -0.39 is 0 Å². The number of aryl methyl sites for hydroxylation is 1. The number of rotatable bonds is 3. The average Bonchev–Trinajstić information content (AvgIpc) is 2.34. The van der Waals surface area contributed by atoms with E-state index in [4.69, 9.17) is 21.4 Å². The Morgan fingerprint density at radius 2 is 2.12 bits per heavy atom. The van der Waals surface area contributed by atoms with Crippen LogP contribution in [0, 0.1) is 6.92 Å². The second-order valence-corrected chi connectivity index (χ2v) is 3.95. The minimum atomic E-state index is -0.140. The summed E-state index contributed by atoms with van der Waals surface area (Å²) in [4.78, 5) is 7.96. The van der Waals surface area contributed by atoms with E-state index >= 15 is 0 Å². The van der Waals surface area contributed by atoms with Crippen molar-refractivity contribution in [2.24, 2.45) is 0 Å². The standard InChI is InChI=1S/C12H11ClN2O2/c1-8-2-3-11(10(13)4-8)17-12-6-14-9(7-16)5-15-12/h2-6,16H,7H2,1H3. The molecule has 17 heavy (non-hydrogen) atoms. The van der Waals surface area contributed by atoms with Gasteiger partial charge in [-0.2, -0.15) is 0 Å². The molecule has 0 aliphatic rings. The van der Waals surface area contributed by atoms with Gasteiger partial charge in [0.05, 0.1) is 29.7 Å². The van der Waals surface area contributed by atoms with Crippen LogP contribution in [0.4, 0.5) is 0 Å². The number of ether oxygens (including phenoxy) is 1. The highest BCUT2D eigenvalue weighted by molar-refractivity contribution is 6.32. The summed E-state index contributed by atoms with van der Waals surface area (Å²) in [5.41, 5.74) is 1.55. The summed E-state index contributed by atoms with van der Waals surface area (Å²) in [7, 11) is 0. The molecule has 0 radical (unpaired) electrons. The number of nitrogens with zero attached hydrogens (tertiary/aromatic N) is 2. The van der Waals surface area contributed by atoms with Gasteiger partial charge in [-0.05, 0) is 24.6 Å². The minimum Gasteiger partial charge on any atom is -0.436 e. The van der Waals surface area contributed by atoms with Gasteiger partial charge in [0, 0.05) is 0 Å². The van der Waals surface area contributed by atoms with Crippen molar-refractivity contribution in [1.29, 1.82) is 0 Å². The van der Waals surface area contributed by atoms with Crippen LogP contribution in [-0.2, 0) is 6.61 Å². The van der Waals surface area contributed by atoms with E-state index in [9.17, 15) is 0 Å². The van der Waals surface area contributed by atoms with Gasteiger partial charge in [-0.25, -0.2) is 4.98 Å². The van der Waals surface area contributed by atoms with Gasteiger partial charge in [-0.15, -0.1) is 0 Å². The van der Waals surface area contributed by atoms with Gasteiger partial charge in [0.15, 0.2) is 0 Å². The highest BCUT2D eigenvalue weighted by Crippen LogP contribution is 2.28. The summed E-state index contributed by atoms with van der Waals surface area (Å²) in [5.74, 6) is 0.872. The van der Waals surface area contributed by atoms with E-state index in [0.717, 1.165) is 5.56 Å². The zero-order chi connectivity index (χ0) is 12.3. The third kappa shape index (κ3) is 2.93. The van der Waals surface area contributed by atoms with E-state index in [2.05, 4.69) is 9.97 Å². The normalized spacial score (nSPS) is 10.3. The van der Waals surface area contributed by atoms with Crippen LogP contribution in [0.3, 0.4) is 0 Å². The Morgan fingerprint density at radius 3 is 2.71 bits per heavy atom. The summed E-state index contributed by atoms with van der Waals surface area (Å²) >= 11 is 6.02. The molecule has 0 saturated carbocycles. The number of aliphatic hydroxyl groups is 1. The van der Waals surface area contributed by atoms with Crippen molar-refractivity contribution in [2.75, 3.05) is 0 Å². The molecule has 1 heterocycles. The maximum absolute atomic E-state index is 8.83. The first-order valence-electron chi connectivity index (χ1n) is 5.05. The second-order valence-electron chi connectivity index (χ2n) is 3.54. The molecule has 0 atom stereocenters. The van der Waals surface area contributed by atoms with E-state index in [1.54, 1.807) is 6.07 Å². The predicted molar refractivity (Wildman–Crippen MR) is 64.2 cm³/mol. The van der Waals surface area contributed by atoms with E-state index in [0.29, 0.717) is 22.3 Å². The molecule has 4 nitrogen and oxygen atoms in total. The maximum Gasteiger partial charge on any atom is 0.237 e. The van der Waals surface area contributed by atoms with Crippen molar-refractivity contribution in [2.45, 2.75) is 13.5 Å². The highest BCUT2D eigenvalue weighted by atomic mass is 35.5. The van der Waals surface area contributed by atoms with E-state index in [1.807, 2.05) is 19.1 Å². The molecule has 0 aliphatic carbocycles. The number of aliphatic hydroxyl groups excluding tert-OH is 1. The Kier molecular flexibility index (Phi) is 3.56. The SMILES string of the molecule is Cc1ccc(Oc2cnc(CO)cn2)c(Cl)c1. The number of aromatic nitrogens is 2. The molecule has 2 rings (SSSR count). The van der Waals surface area contributed by atoms with Crippen LogP contribution in [0.2, 0.25) is 5.02 Å². The minimum absolute atomic E-state index is 0.140. The van der Waals surface area contributed by atoms with Crippen molar-refractivity contribution in [3.05, 3.63) is 46.9 Å². The molecular weight excluding hydrogens is 240 g/mol. The Labute approximate surface area is 104 Å². The van der Waals surface area contributed by atoms with Crippen molar-refractivity contribution in [3.8, 4) is 11.6 Å². The first-order valence-corrected chi connectivity index (χ1v) is 5.42. The number of hydrogen-bond acceptors (Lipinski definition) is 4. The summed E-state index contributed by atoms with van der Waals surface area (Å²) in [6, 6.07) is 5.49. The quantitative estimate of drug-likeness (QED) is 0.910. The molecule has 0 fully saturated rings. The van der Waals surface area contributed by atoms with Gasteiger partial charge < -0.3 is 9.84 Å². The summed E-state index contributed by atoms with van der Waals surface area (Å²) in [6.07, 6.45) is 2.90. The Morgan fingerprint density at radius 1 is 1.29 bits per heavy atom. The third-order valence-electron chi connectivity index (χ3n) is 2.15. The van der Waals surface area contributed by atoms with E-state index in [1.165, 1.54) is 12.4 Å². The number of halogens is 1. The smallest absolute Gasteiger partial charge is 0.237 e. The van der Waals surface area contributed by atoms with Crippen LogP contribution >= 0.6 is 11.6 Å². The molecule has 88 valence electrons. The zero-order valence-electron chi connectivity index (χ0n) is 9.22. The summed E-state index contributed by atoms with van der Waals surface area (Å²) < 4.78 is 5.48. The van der Waals surface area contributed by atoms with Crippen molar-refractivity contribution < 1.29 is 9.84 Å². The largest absolute Gasteiger partial charge is 0.436 e. The van der Waals surface area contributed by atoms with Gasteiger partial charge in [0.25, 0.3) is 0 Å². The lowest BCUT2D eigenvalue weighted by atomic mass is 10.2. The lowest BCUT2D eigenvalue weighted by Crippen LogP contribution is -1.94. The molecule has 0 saturated heterocycles. The van der Waals surface area contributed by atoms with Crippen LogP contribution in [0.5, 0.6) is 11.6 Å². The molecule has 0 amide bonds. The molecule has 0 spiro atoms. The summed E-state index contributed by atoms with van der Waals surface area (Å²) in [5, 5.41) is 9.35. The Hall–Kier alpha value is -1.65. The molecule has 0 aliphatic heterocycles. The average molecular weight is 251 g/mol. The Balaban J connectivity index is 2.19. The highest BCUT2D eigenvalue weighted by Gasteiger charge is 2.04. The van der Waals surface area contributed by atoms with Crippen LogP contribution in [0.15, 0.2) is 30.6 Å². The molecule has 0 bridgehead atoms. The van der Waals surface area contributed by atoms with Gasteiger partial charge in [0.2, 0.25) is 5.88 Å². The van der Waals surface area contributed by atoms with Crippen LogP contribution in [0.1, 0.15) is 11.3 Å². The monoisotopic (exact) mass is 250 g/mol. The van der Waals surface area contributed by atoms with Crippen LogP contribution < -0.4 is 4.74 Å². The fourth-order valence-corrected chi connectivity index (χ4v) is 1.55. The molecular formula is C12H11ClN2O2. The Bertz CT molecular complexity index is 514.